The zero-order valence-corrected chi connectivity index (χ0v) is 10.8. The molecule has 2 aliphatic carbocycles. The first-order chi connectivity index (χ1) is 7.69. The van der Waals surface area contributed by atoms with Crippen LogP contribution >= 0.6 is 15.9 Å². The summed E-state index contributed by atoms with van der Waals surface area (Å²) in [6.07, 6.45) is 3.30. The predicted octanol–water partition coefficient (Wildman–Crippen LogP) is 1.97. The smallest absolute Gasteiger partial charge is 0.0508 e. The van der Waals surface area contributed by atoms with Crippen LogP contribution in [0, 0.1) is 5.41 Å². The van der Waals surface area contributed by atoms with E-state index in [1.165, 1.54) is 15.6 Å². The molecule has 0 aliphatic heterocycles. The second kappa shape index (κ2) is 3.31. The van der Waals surface area contributed by atoms with Gasteiger partial charge in [0.15, 0.2) is 0 Å². The van der Waals surface area contributed by atoms with Gasteiger partial charge in [-0.25, -0.2) is 0 Å². The normalized spacial score (nSPS) is 35.4. The zero-order valence-electron chi connectivity index (χ0n) is 9.17. The fraction of sp³-hybridized carbons (Fsp3) is 0.538. The Hall–Kier alpha value is -0.380. The second-order valence-corrected chi connectivity index (χ2v) is 6.02. The van der Waals surface area contributed by atoms with Crippen molar-refractivity contribution in [2.24, 2.45) is 11.1 Å². The Morgan fingerprint density at radius 1 is 1.44 bits per heavy atom. The molecule has 3 rings (SSSR count). The summed E-state index contributed by atoms with van der Waals surface area (Å²) in [5.41, 5.74) is 8.83. The predicted molar refractivity (Wildman–Crippen MR) is 67.3 cm³/mol. The first-order valence-electron chi connectivity index (χ1n) is 5.78. The van der Waals surface area contributed by atoms with Crippen LogP contribution in [-0.4, -0.2) is 18.3 Å². The number of rotatable bonds is 2. The van der Waals surface area contributed by atoms with Gasteiger partial charge < -0.3 is 10.8 Å². The first kappa shape index (κ1) is 10.8. The van der Waals surface area contributed by atoms with E-state index >= 15 is 0 Å². The molecule has 2 nitrogen and oxygen atoms in total. The van der Waals surface area contributed by atoms with Crippen molar-refractivity contribution in [2.45, 2.75) is 24.7 Å². The van der Waals surface area contributed by atoms with Gasteiger partial charge in [-0.05, 0) is 36.5 Å². The maximum atomic E-state index is 9.59. The van der Waals surface area contributed by atoms with Crippen LogP contribution in [0.25, 0.3) is 0 Å². The van der Waals surface area contributed by atoms with Crippen LogP contribution in [0.2, 0.25) is 0 Å². The summed E-state index contributed by atoms with van der Waals surface area (Å²) in [6, 6.07) is 6.40. The lowest BCUT2D eigenvalue weighted by atomic mass is 9.88. The van der Waals surface area contributed by atoms with E-state index in [0.29, 0.717) is 6.54 Å². The Kier molecular flexibility index (Phi) is 2.23. The summed E-state index contributed by atoms with van der Waals surface area (Å²) in [4.78, 5) is 0. The van der Waals surface area contributed by atoms with E-state index in [0.717, 1.165) is 19.3 Å². The van der Waals surface area contributed by atoms with Crippen LogP contribution in [0.3, 0.4) is 0 Å². The minimum atomic E-state index is -0.0426. The van der Waals surface area contributed by atoms with E-state index in [1.807, 2.05) is 0 Å². The molecule has 3 heteroatoms. The average molecular weight is 282 g/mol. The molecule has 1 aromatic carbocycles. The molecule has 1 fully saturated rings. The van der Waals surface area contributed by atoms with Gasteiger partial charge in [0.1, 0.15) is 0 Å². The summed E-state index contributed by atoms with van der Waals surface area (Å²) >= 11 is 3.61. The Morgan fingerprint density at radius 3 is 2.88 bits per heavy atom. The number of halogens is 1. The summed E-state index contributed by atoms with van der Waals surface area (Å²) in [5.74, 6) is 0. The van der Waals surface area contributed by atoms with Crippen LogP contribution in [-0.2, 0) is 11.8 Å². The third-order valence-corrected chi connectivity index (χ3v) is 5.40. The molecule has 2 atom stereocenters. The van der Waals surface area contributed by atoms with Crippen LogP contribution in [0.1, 0.15) is 24.0 Å². The summed E-state index contributed by atoms with van der Waals surface area (Å²) in [5, 5.41) is 9.59. The second-order valence-electron chi connectivity index (χ2n) is 5.17. The minimum Gasteiger partial charge on any atom is -0.396 e. The van der Waals surface area contributed by atoms with Crippen LogP contribution < -0.4 is 5.73 Å². The van der Waals surface area contributed by atoms with E-state index in [1.54, 1.807) is 0 Å². The zero-order chi connectivity index (χ0) is 11.4. The molecule has 0 bridgehead atoms. The third-order valence-electron chi connectivity index (χ3n) is 4.66. The lowest BCUT2D eigenvalue weighted by Gasteiger charge is -2.19. The topological polar surface area (TPSA) is 46.2 Å². The van der Waals surface area contributed by atoms with Gasteiger partial charge >= 0.3 is 0 Å². The van der Waals surface area contributed by atoms with Crippen molar-refractivity contribution in [1.29, 1.82) is 0 Å². The van der Waals surface area contributed by atoms with Crippen molar-refractivity contribution in [1.82, 2.24) is 0 Å². The molecule has 0 amide bonds. The van der Waals surface area contributed by atoms with Gasteiger partial charge in [-0.2, -0.15) is 0 Å². The monoisotopic (exact) mass is 281 g/mol. The Morgan fingerprint density at radius 2 is 2.25 bits per heavy atom. The van der Waals surface area contributed by atoms with Gasteiger partial charge in [0.05, 0.1) is 6.61 Å². The van der Waals surface area contributed by atoms with Gasteiger partial charge in [-0.3, -0.25) is 0 Å². The van der Waals surface area contributed by atoms with E-state index in [-0.39, 0.29) is 17.4 Å². The summed E-state index contributed by atoms with van der Waals surface area (Å²) in [7, 11) is 0. The van der Waals surface area contributed by atoms with E-state index in [9.17, 15) is 5.11 Å². The highest BCUT2D eigenvalue weighted by Crippen LogP contribution is 2.69. The summed E-state index contributed by atoms with van der Waals surface area (Å²) < 4.78 is 1.21. The molecule has 0 radical (unpaired) electrons. The molecule has 16 heavy (non-hydrogen) atoms. The molecular formula is C13H16BrNO. The molecule has 1 spiro atoms. The number of fused-ring (bicyclic) bond motifs is 2. The quantitative estimate of drug-likeness (QED) is 0.871. The van der Waals surface area contributed by atoms with Crippen molar-refractivity contribution in [3.8, 4) is 0 Å². The number of nitrogens with two attached hydrogens (primary N) is 1. The molecule has 3 N–H and O–H groups in total. The lowest BCUT2D eigenvalue weighted by molar-refractivity contribution is 0.195. The third kappa shape index (κ3) is 1.09. The SMILES string of the molecule is NCC1(CO)CC12CCc1c(Br)cccc12. The Labute approximate surface area is 104 Å². The fourth-order valence-electron chi connectivity index (χ4n) is 3.54. The van der Waals surface area contributed by atoms with Crippen LogP contribution in [0.4, 0.5) is 0 Å². The van der Waals surface area contributed by atoms with Crippen molar-refractivity contribution in [3.63, 3.8) is 0 Å². The highest BCUT2D eigenvalue weighted by Gasteiger charge is 2.68. The molecule has 1 aromatic rings. The van der Waals surface area contributed by atoms with Gasteiger partial charge in [0.25, 0.3) is 0 Å². The number of benzene rings is 1. The molecule has 2 unspecified atom stereocenters. The standard InChI is InChI=1S/C13H16BrNO/c14-11-3-1-2-10-9(11)4-5-13(10)6-12(13,7-15)8-16/h1-3,16H,4-8,15H2. The largest absolute Gasteiger partial charge is 0.396 e. The van der Waals surface area contributed by atoms with E-state index < -0.39 is 0 Å². The number of aliphatic hydroxyl groups is 1. The highest BCUT2D eigenvalue weighted by molar-refractivity contribution is 9.10. The molecule has 0 aromatic heterocycles. The molecule has 0 heterocycles. The summed E-state index contributed by atoms with van der Waals surface area (Å²) in [6.45, 7) is 0.810. The number of hydrogen-bond acceptors (Lipinski definition) is 2. The minimum absolute atomic E-state index is 0.0426. The fourth-order valence-corrected chi connectivity index (χ4v) is 4.11. The lowest BCUT2D eigenvalue weighted by Crippen LogP contribution is -2.28. The highest BCUT2D eigenvalue weighted by atomic mass is 79.9. The molecule has 1 saturated carbocycles. The first-order valence-corrected chi connectivity index (χ1v) is 6.57. The molecule has 86 valence electrons. The van der Waals surface area contributed by atoms with Gasteiger partial charge in [0.2, 0.25) is 0 Å². The average Bonchev–Trinajstić information content (AvgIpc) is 2.81. The molecular weight excluding hydrogens is 266 g/mol. The number of hydrogen-bond donors (Lipinski definition) is 2. The Bertz CT molecular complexity index is 442. The molecule has 2 aliphatic rings. The number of aliphatic hydroxyl groups excluding tert-OH is 1. The van der Waals surface area contributed by atoms with E-state index in [2.05, 4.69) is 34.1 Å². The van der Waals surface area contributed by atoms with Gasteiger partial charge in [-0.15, -0.1) is 0 Å². The van der Waals surface area contributed by atoms with Crippen molar-refractivity contribution >= 4 is 15.9 Å². The van der Waals surface area contributed by atoms with Crippen molar-refractivity contribution in [3.05, 3.63) is 33.8 Å². The van der Waals surface area contributed by atoms with E-state index in [4.69, 9.17) is 5.73 Å². The Balaban J connectivity index is 2.09. The van der Waals surface area contributed by atoms with Gasteiger partial charge in [0, 0.05) is 21.8 Å². The van der Waals surface area contributed by atoms with Crippen LogP contribution in [0.5, 0.6) is 0 Å². The van der Waals surface area contributed by atoms with Crippen molar-refractivity contribution < 1.29 is 5.11 Å². The maximum absolute atomic E-state index is 9.59. The van der Waals surface area contributed by atoms with Gasteiger partial charge in [-0.1, -0.05) is 28.1 Å². The molecule has 0 saturated heterocycles. The maximum Gasteiger partial charge on any atom is 0.0508 e. The van der Waals surface area contributed by atoms with Crippen molar-refractivity contribution in [2.75, 3.05) is 13.2 Å². The van der Waals surface area contributed by atoms with Crippen LogP contribution in [0.15, 0.2) is 22.7 Å².